The van der Waals surface area contributed by atoms with Gasteiger partial charge < -0.3 is 16.4 Å². The van der Waals surface area contributed by atoms with Gasteiger partial charge in [-0.2, -0.15) is 0 Å². The van der Waals surface area contributed by atoms with E-state index >= 15 is 0 Å². The predicted molar refractivity (Wildman–Crippen MR) is 69.0 cm³/mol. The van der Waals surface area contributed by atoms with Crippen molar-refractivity contribution in [3.63, 3.8) is 0 Å². The molecule has 4 nitrogen and oxygen atoms in total. The summed E-state index contributed by atoms with van der Waals surface area (Å²) in [6.45, 7) is 3.45. The second-order valence-electron chi connectivity index (χ2n) is 4.92. The third-order valence-electron chi connectivity index (χ3n) is 2.98. The monoisotopic (exact) mass is 243 g/mol. The van der Waals surface area contributed by atoms with Crippen molar-refractivity contribution in [1.82, 2.24) is 10.6 Å². The van der Waals surface area contributed by atoms with Crippen LogP contribution < -0.4 is 16.4 Å². The third-order valence-corrected chi connectivity index (χ3v) is 3.20. The molecule has 0 aromatic carbocycles. The van der Waals surface area contributed by atoms with Crippen LogP contribution in [-0.2, 0) is 4.79 Å². The SMILES string of the molecule is CC(C)(NC(=S)NC1CCCCC1)C(N)=O. The van der Waals surface area contributed by atoms with Gasteiger partial charge >= 0.3 is 0 Å². The van der Waals surface area contributed by atoms with Crippen molar-refractivity contribution in [2.45, 2.75) is 57.5 Å². The molecule has 0 radical (unpaired) electrons. The molecule has 1 rings (SSSR count). The molecule has 0 atom stereocenters. The first kappa shape index (κ1) is 13.2. The topological polar surface area (TPSA) is 67.2 Å². The van der Waals surface area contributed by atoms with Crippen LogP contribution in [0.3, 0.4) is 0 Å². The second-order valence-corrected chi connectivity index (χ2v) is 5.33. The van der Waals surface area contributed by atoms with Crippen molar-refractivity contribution in [1.29, 1.82) is 0 Å². The van der Waals surface area contributed by atoms with Crippen LogP contribution in [0.1, 0.15) is 46.0 Å². The molecule has 1 fully saturated rings. The Hall–Kier alpha value is -0.840. The summed E-state index contributed by atoms with van der Waals surface area (Å²) < 4.78 is 0. The molecule has 0 saturated heterocycles. The van der Waals surface area contributed by atoms with E-state index in [1.165, 1.54) is 19.3 Å². The number of hydrogen-bond donors (Lipinski definition) is 3. The fraction of sp³-hybridized carbons (Fsp3) is 0.818. The van der Waals surface area contributed by atoms with Crippen LogP contribution in [0.25, 0.3) is 0 Å². The summed E-state index contributed by atoms with van der Waals surface area (Å²) in [5.74, 6) is -0.403. The molecule has 16 heavy (non-hydrogen) atoms. The van der Waals surface area contributed by atoms with Crippen LogP contribution in [-0.4, -0.2) is 22.6 Å². The van der Waals surface area contributed by atoms with Gasteiger partial charge in [-0.25, -0.2) is 0 Å². The molecule has 1 aliphatic carbocycles. The Labute approximate surface area is 102 Å². The molecule has 0 aliphatic heterocycles. The number of carbonyl (C=O) groups is 1. The first-order valence-electron chi connectivity index (χ1n) is 5.80. The lowest BCUT2D eigenvalue weighted by Crippen LogP contribution is -2.57. The van der Waals surface area contributed by atoms with Crippen LogP contribution in [0.15, 0.2) is 0 Å². The van der Waals surface area contributed by atoms with Crippen LogP contribution in [0.4, 0.5) is 0 Å². The van der Waals surface area contributed by atoms with E-state index in [4.69, 9.17) is 18.0 Å². The van der Waals surface area contributed by atoms with Crippen LogP contribution >= 0.6 is 12.2 Å². The molecule has 0 heterocycles. The second kappa shape index (κ2) is 5.48. The zero-order chi connectivity index (χ0) is 12.2. The van der Waals surface area contributed by atoms with E-state index in [0.29, 0.717) is 11.2 Å². The summed E-state index contributed by atoms with van der Waals surface area (Å²) in [6, 6.07) is 0.442. The highest BCUT2D eigenvalue weighted by atomic mass is 32.1. The summed E-state index contributed by atoms with van der Waals surface area (Å²) in [5.41, 5.74) is 4.47. The fourth-order valence-electron chi connectivity index (χ4n) is 1.81. The summed E-state index contributed by atoms with van der Waals surface area (Å²) >= 11 is 5.17. The molecule has 0 aromatic rings. The molecule has 0 aromatic heterocycles. The number of amides is 1. The molecule has 1 amide bonds. The number of nitrogens with one attached hydrogen (secondary N) is 2. The summed E-state index contributed by atoms with van der Waals surface area (Å²) in [4.78, 5) is 11.1. The lowest BCUT2D eigenvalue weighted by Gasteiger charge is -2.29. The highest BCUT2D eigenvalue weighted by Crippen LogP contribution is 2.17. The van der Waals surface area contributed by atoms with Gasteiger partial charge in [0, 0.05) is 6.04 Å². The number of rotatable bonds is 3. The van der Waals surface area contributed by atoms with Gasteiger partial charge in [-0.05, 0) is 38.9 Å². The van der Waals surface area contributed by atoms with Gasteiger partial charge in [-0.3, -0.25) is 4.79 Å². The molecule has 92 valence electrons. The minimum Gasteiger partial charge on any atom is -0.368 e. The molecule has 1 saturated carbocycles. The summed E-state index contributed by atoms with van der Waals surface area (Å²) in [7, 11) is 0. The molecule has 5 heteroatoms. The van der Waals surface area contributed by atoms with Crippen LogP contribution in [0.5, 0.6) is 0 Å². The largest absolute Gasteiger partial charge is 0.368 e. The van der Waals surface area contributed by atoms with E-state index in [1.807, 2.05) is 0 Å². The minimum atomic E-state index is -0.793. The number of thiocarbonyl (C=S) groups is 1. The van der Waals surface area contributed by atoms with E-state index in [0.717, 1.165) is 12.8 Å². The highest BCUT2D eigenvalue weighted by Gasteiger charge is 2.26. The fourth-order valence-corrected chi connectivity index (χ4v) is 2.24. The molecule has 0 spiro atoms. The van der Waals surface area contributed by atoms with Gasteiger partial charge in [0.05, 0.1) is 0 Å². The first-order valence-corrected chi connectivity index (χ1v) is 6.21. The highest BCUT2D eigenvalue weighted by molar-refractivity contribution is 7.80. The van der Waals surface area contributed by atoms with Gasteiger partial charge in [0.25, 0.3) is 0 Å². The summed E-state index contributed by atoms with van der Waals surface area (Å²) in [5, 5.41) is 6.71. The molecule has 0 unspecified atom stereocenters. The normalized spacial score (nSPS) is 17.9. The van der Waals surface area contributed by atoms with E-state index in [-0.39, 0.29) is 0 Å². The Bertz CT molecular complexity index is 272. The molecule has 4 N–H and O–H groups in total. The number of hydrogen-bond acceptors (Lipinski definition) is 2. The first-order chi connectivity index (χ1) is 7.42. The van der Waals surface area contributed by atoms with Crippen molar-refractivity contribution in [2.24, 2.45) is 5.73 Å². The maximum atomic E-state index is 11.1. The predicted octanol–water partition coefficient (Wildman–Crippen LogP) is 1.05. The Morgan fingerprint density at radius 2 is 1.88 bits per heavy atom. The van der Waals surface area contributed by atoms with Gasteiger partial charge in [0.2, 0.25) is 5.91 Å². The minimum absolute atomic E-state index is 0.403. The van der Waals surface area contributed by atoms with Crippen molar-refractivity contribution < 1.29 is 4.79 Å². The Kier molecular flexibility index (Phi) is 4.53. The molecule has 0 bridgehead atoms. The van der Waals surface area contributed by atoms with Crippen molar-refractivity contribution >= 4 is 23.2 Å². The number of carbonyl (C=O) groups excluding carboxylic acids is 1. The van der Waals surface area contributed by atoms with Crippen molar-refractivity contribution in [3.05, 3.63) is 0 Å². The van der Waals surface area contributed by atoms with E-state index in [1.54, 1.807) is 13.8 Å². The Balaban J connectivity index is 2.37. The number of primary amides is 1. The quantitative estimate of drug-likeness (QED) is 0.648. The van der Waals surface area contributed by atoms with E-state index in [2.05, 4.69) is 10.6 Å². The van der Waals surface area contributed by atoms with E-state index < -0.39 is 11.4 Å². The molecule has 1 aliphatic rings. The zero-order valence-corrected chi connectivity index (χ0v) is 10.8. The lowest BCUT2D eigenvalue weighted by molar-refractivity contribution is -0.122. The van der Waals surface area contributed by atoms with Gasteiger partial charge in [0.1, 0.15) is 5.54 Å². The Morgan fingerprint density at radius 1 is 1.31 bits per heavy atom. The molecular formula is C11H21N3OS. The van der Waals surface area contributed by atoms with Gasteiger partial charge in [-0.15, -0.1) is 0 Å². The third kappa shape index (κ3) is 3.96. The van der Waals surface area contributed by atoms with Crippen molar-refractivity contribution in [3.8, 4) is 0 Å². The smallest absolute Gasteiger partial charge is 0.242 e. The maximum absolute atomic E-state index is 11.1. The van der Waals surface area contributed by atoms with Gasteiger partial charge in [-0.1, -0.05) is 19.3 Å². The summed E-state index contributed by atoms with van der Waals surface area (Å²) in [6.07, 6.45) is 6.11. The standard InChI is InChI=1S/C11H21N3OS/c1-11(2,9(12)15)14-10(16)13-8-6-4-3-5-7-8/h8H,3-7H2,1-2H3,(H2,12,15)(H2,13,14,16). The van der Waals surface area contributed by atoms with E-state index in [9.17, 15) is 4.79 Å². The zero-order valence-electron chi connectivity index (χ0n) is 10.0. The van der Waals surface area contributed by atoms with Gasteiger partial charge in [0.15, 0.2) is 5.11 Å². The Morgan fingerprint density at radius 3 is 2.38 bits per heavy atom. The lowest BCUT2D eigenvalue weighted by atomic mass is 9.96. The average Bonchev–Trinajstić information content (AvgIpc) is 2.17. The van der Waals surface area contributed by atoms with Crippen LogP contribution in [0, 0.1) is 0 Å². The molecular weight excluding hydrogens is 222 g/mol. The van der Waals surface area contributed by atoms with Crippen molar-refractivity contribution in [2.75, 3.05) is 0 Å². The average molecular weight is 243 g/mol. The van der Waals surface area contributed by atoms with Crippen LogP contribution in [0.2, 0.25) is 0 Å². The maximum Gasteiger partial charge on any atom is 0.242 e. The number of nitrogens with two attached hydrogens (primary N) is 1.